The highest BCUT2D eigenvalue weighted by atomic mass is 16.5. The van der Waals surface area contributed by atoms with Gasteiger partial charge in [-0.2, -0.15) is 0 Å². The zero-order valence-corrected chi connectivity index (χ0v) is 18.7. The molecular formula is C23H28N4O5. The van der Waals surface area contributed by atoms with Crippen molar-refractivity contribution in [3.63, 3.8) is 0 Å². The molecule has 9 heteroatoms. The average molecular weight is 441 g/mol. The Bertz CT molecular complexity index is 1300. The van der Waals surface area contributed by atoms with Gasteiger partial charge in [0.15, 0.2) is 5.43 Å². The summed E-state index contributed by atoms with van der Waals surface area (Å²) in [7, 11) is 3.18. The van der Waals surface area contributed by atoms with Crippen molar-refractivity contribution in [2.24, 2.45) is 14.1 Å². The molecule has 0 unspecified atom stereocenters. The van der Waals surface area contributed by atoms with Crippen LogP contribution in [0.4, 0.5) is 5.82 Å². The second-order valence-electron chi connectivity index (χ2n) is 8.12. The largest absolute Gasteiger partial charge is 0.493 e. The van der Waals surface area contributed by atoms with E-state index in [-0.39, 0.29) is 16.7 Å². The number of aromatic nitrogens is 2. The molecule has 0 N–H and O–H groups in total. The summed E-state index contributed by atoms with van der Waals surface area (Å²) in [6, 6.07) is 8.39. The molecule has 9 nitrogen and oxygen atoms in total. The van der Waals surface area contributed by atoms with Crippen molar-refractivity contribution in [1.29, 1.82) is 0 Å². The number of rotatable bonds is 6. The van der Waals surface area contributed by atoms with Gasteiger partial charge in [-0.1, -0.05) is 6.07 Å². The summed E-state index contributed by atoms with van der Waals surface area (Å²) in [4.78, 5) is 40.9. The fraction of sp³-hybridized carbons (Fsp3) is 0.435. The Morgan fingerprint density at radius 1 is 1.00 bits per heavy atom. The van der Waals surface area contributed by atoms with Crippen LogP contribution in [0.25, 0.3) is 11.0 Å². The summed E-state index contributed by atoms with van der Waals surface area (Å²) in [5, 5.41) is 0.478. The molecule has 1 fully saturated rings. The van der Waals surface area contributed by atoms with Gasteiger partial charge < -0.3 is 14.1 Å². The van der Waals surface area contributed by atoms with Crippen molar-refractivity contribution in [2.45, 2.75) is 13.3 Å². The Morgan fingerprint density at radius 2 is 1.75 bits per heavy atom. The summed E-state index contributed by atoms with van der Waals surface area (Å²) >= 11 is 0. The van der Waals surface area contributed by atoms with Crippen LogP contribution in [0.1, 0.15) is 12.2 Å². The Morgan fingerprint density at radius 3 is 2.50 bits per heavy atom. The molecule has 1 aliphatic heterocycles. The molecule has 3 aromatic rings. The maximum Gasteiger partial charge on any atom is 0.332 e. The highest BCUT2D eigenvalue weighted by Crippen LogP contribution is 2.23. The fourth-order valence-electron chi connectivity index (χ4n) is 4.11. The monoisotopic (exact) mass is 440 g/mol. The molecule has 0 atom stereocenters. The number of benzene rings is 1. The molecule has 170 valence electrons. The zero-order valence-electron chi connectivity index (χ0n) is 18.7. The molecule has 1 aliphatic rings. The quantitative estimate of drug-likeness (QED) is 0.530. The van der Waals surface area contributed by atoms with Crippen LogP contribution in [0.2, 0.25) is 0 Å². The molecule has 0 radical (unpaired) electrons. The summed E-state index contributed by atoms with van der Waals surface area (Å²) in [6.07, 6.45) is 0.817. The number of ether oxygens (including phenoxy) is 1. The lowest BCUT2D eigenvalue weighted by molar-refractivity contribution is 0.224. The number of hydrogen-bond donors (Lipinski definition) is 0. The minimum atomic E-state index is -0.315. The van der Waals surface area contributed by atoms with E-state index in [1.165, 1.54) is 23.7 Å². The summed E-state index contributed by atoms with van der Waals surface area (Å²) in [6.45, 7) is 6.26. The van der Waals surface area contributed by atoms with Crippen LogP contribution in [0.15, 0.2) is 49.1 Å². The molecule has 0 aliphatic carbocycles. The van der Waals surface area contributed by atoms with E-state index < -0.39 is 0 Å². The number of fused-ring (bicyclic) bond motifs is 1. The minimum Gasteiger partial charge on any atom is -0.493 e. The number of hydrogen-bond acceptors (Lipinski definition) is 7. The predicted molar refractivity (Wildman–Crippen MR) is 123 cm³/mol. The first kappa shape index (κ1) is 21.9. The zero-order chi connectivity index (χ0) is 22.8. The fourth-order valence-corrected chi connectivity index (χ4v) is 4.11. The van der Waals surface area contributed by atoms with Gasteiger partial charge in [-0.3, -0.25) is 23.6 Å². The van der Waals surface area contributed by atoms with Crippen LogP contribution in [0, 0.1) is 6.92 Å². The lowest BCUT2D eigenvalue weighted by atomic mass is 10.2. The standard InChI is InChI=1S/C23H28N4O5/c1-16-14-17(28)22-18(6-4-7-19(22)32-16)31-13-5-8-26-9-11-27(12-10-26)20-15-21(29)25(3)23(30)24(20)2/h4,6-7,14-15H,5,8-13H2,1-3H3. The highest BCUT2D eigenvalue weighted by Gasteiger charge is 2.20. The smallest absolute Gasteiger partial charge is 0.332 e. The molecule has 1 saturated heterocycles. The highest BCUT2D eigenvalue weighted by molar-refractivity contribution is 5.83. The maximum absolute atomic E-state index is 12.3. The Hall–Kier alpha value is -3.33. The van der Waals surface area contributed by atoms with Crippen molar-refractivity contribution in [3.8, 4) is 5.75 Å². The van der Waals surface area contributed by atoms with Crippen LogP contribution in [0.5, 0.6) is 5.75 Å². The van der Waals surface area contributed by atoms with Crippen molar-refractivity contribution in [2.75, 3.05) is 44.2 Å². The first-order chi connectivity index (χ1) is 15.3. The van der Waals surface area contributed by atoms with E-state index in [4.69, 9.17) is 9.15 Å². The van der Waals surface area contributed by atoms with Crippen LogP contribution in [0.3, 0.4) is 0 Å². The molecule has 0 saturated carbocycles. The van der Waals surface area contributed by atoms with Gasteiger partial charge in [0.1, 0.15) is 28.3 Å². The number of aryl methyl sites for hydroxylation is 1. The first-order valence-corrected chi connectivity index (χ1v) is 10.8. The Labute approximate surface area is 185 Å². The second-order valence-corrected chi connectivity index (χ2v) is 8.12. The SMILES string of the molecule is Cc1cc(=O)c2c(OCCCN3CCN(c4cc(=O)n(C)c(=O)n4C)CC3)cccc2o1. The molecule has 1 aromatic carbocycles. The second kappa shape index (κ2) is 9.04. The van der Waals surface area contributed by atoms with E-state index in [9.17, 15) is 14.4 Å². The van der Waals surface area contributed by atoms with Crippen LogP contribution in [-0.2, 0) is 14.1 Å². The van der Waals surface area contributed by atoms with E-state index >= 15 is 0 Å². The summed E-state index contributed by atoms with van der Waals surface area (Å²) < 4.78 is 14.2. The summed E-state index contributed by atoms with van der Waals surface area (Å²) in [5.74, 6) is 1.79. The van der Waals surface area contributed by atoms with E-state index in [1.807, 2.05) is 6.07 Å². The van der Waals surface area contributed by atoms with E-state index in [1.54, 1.807) is 26.1 Å². The van der Waals surface area contributed by atoms with Crippen molar-refractivity contribution < 1.29 is 9.15 Å². The van der Waals surface area contributed by atoms with Gasteiger partial charge in [-0.25, -0.2) is 4.79 Å². The lowest BCUT2D eigenvalue weighted by Gasteiger charge is -2.36. The van der Waals surface area contributed by atoms with Gasteiger partial charge in [-0.05, 0) is 25.5 Å². The van der Waals surface area contributed by atoms with Crippen molar-refractivity contribution in [3.05, 3.63) is 67.2 Å². The molecule has 2 aromatic heterocycles. The molecule has 0 amide bonds. The van der Waals surface area contributed by atoms with E-state index in [0.29, 0.717) is 34.9 Å². The molecule has 3 heterocycles. The van der Waals surface area contributed by atoms with E-state index in [0.717, 1.165) is 43.7 Å². The molecule has 32 heavy (non-hydrogen) atoms. The minimum absolute atomic E-state index is 0.0967. The molecule has 0 bridgehead atoms. The Balaban J connectivity index is 1.31. The maximum atomic E-state index is 12.3. The topological polar surface area (TPSA) is 89.9 Å². The molecular weight excluding hydrogens is 412 g/mol. The van der Waals surface area contributed by atoms with Gasteiger partial charge in [0.25, 0.3) is 5.56 Å². The predicted octanol–water partition coefficient (Wildman–Crippen LogP) is 1.09. The third-order valence-corrected chi connectivity index (χ3v) is 5.91. The van der Waals surface area contributed by atoms with Gasteiger partial charge in [0.05, 0.1) is 6.61 Å². The third kappa shape index (κ3) is 4.34. The molecule has 4 rings (SSSR count). The Kier molecular flexibility index (Phi) is 6.18. The normalized spacial score (nSPS) is 14.8. The van der Waals surface area contributed by atoms with Crippen molar-refractivity contribution in [1.82, 2.24) is 14.0 Å². The van der Waals surface area contributed by atoms with Gasteiger partial charge in [0, 0.05) is 59.0 Å². The first-order valence-electron chi connectivity index (χ1n) is 10.8. The summed E-state index contributed by atoms with van der Waals surface area (Å²) in [5.41, 5.74) is -0.167. The van der Waals surface area contributed by atoms with Crippen LogP contribution >= 0.6 is 0 Å². The van der Waals surface area contributed by atoms with E-state index in [2.05, 4.69) is 9.80 Å². The number of nitrogens with zero attached hydrogens (tertiary/aromatic N) is 4. The van der Waals surface area contributed by atoms with Crippen LogP contribution in [-0.4, -0.2) is 53.4 Å². The van der Waals surface area contributed by atoms with Crippen molar-refractivity contribution >= 4 is 16.8 Å². The lowest BCUT2D eigenvalue weighted by Crippen LogP contribution is -2.49. The average Bonchev–Trinajstić information content (AvgIpc) is 2.78. The van der Waals surface area contributed by atoms with Gasteiger partial charge in [0.2, 0.25) is 0 Å². The van der Waals surface area contributed by atoms with Gasteiger partial charge >= 0.3 is 5.69 Å². The molecule has 0 spiro atoms. The number of anilines is 1. The number of piperazine rings is 1. The van der Waals surface area contributed by atoms with Crippen LogP contribution < -0.4 is 26.3 Å². The van der Waals surface area contributed by atoms with Gasteiger partial charge in [-0.15, -0.1) is 0 Å². The third-order valence-electron chi connectivity index (χ3n) is 5.91.